The first-order valence-electron chi connectivity index (χ1n) is 6.49. The molecule has 0 amide bonds. The van der Waals surface area contributed by atoms with Gasteiger partial charge in [-0.25, -0.2) is 0 Å². The number of phenolic OH excluding ortho intramolecular Hbond substituents is 1. The Kier molecular flexibility index (Phi) is 4.72. The second-order valence-electron chi connectivity index (χ2n) is 4.71. The van der Waals surface area contributed by atoms with E-state index in [9.17, 15) is 15.2 Å². The van der Waals surface area contributed by atoms with Gasteiger partial charge < -0.3 is 15.2 Å². The van der Waals surface area contributed by atoms with E-state index in [0.29, 0.717) is 17.0 Å². The van der Waals surface area contributed by atoms with Crippen molar-refractivity contribution < 1.29 is 14.8 Å². The van der Waals surface area contributed by atoms with Crippen LogP contribution in [0.15, 0.2) is 36.4 Å². The summed E-state index contributed by atoms with van der Waals surface area (Å²) in [7, 11) is 1.54. The van der Waals surface area contributed by atoms with Gasteiger partial charge in [-0.05, 0) is 31.2 Å². The van der Waals surface area contributed by atoms with Gasteiger partial charge in [0.05, 0.1) is 28.8 Å². The Bertz CT molecular complexity index is 706. The summed E-state index contributed by atoms with van der Waals surface area (Å²) >= 11 is 6.05. The second-order valence-corrected chi connectivity index (χ2v) is 5.12. The average Bonchev–Trinajstić information content (AvgIpc) is 2.49. The highest BCUT2D eigenvalue weighted by molar-refractivity contribution is 6.33. The molecule has 2 rings (SSSR count). The molecule has 0 saturated carbocycles. The molecule has 0 aliphatic heterocycles. The van der Waals surface area contributed by atoms with Crippen molar-refractivity contribution in [2.75, 3.05) is 12.4 Å². The van der Waals surface area contributed by atoms with Gasteiger partial charge in [-0.15, -0.1) is 0 Å². The summed E-state index contributed by atoms with van der Waals surface area (Å²) in [4.78, 5) is 10.2. The van der Waals surface area contributed by atoms with Gasteiger partial charge in [0.2, 0.25) is 0 Å². The smallest absolute Gasteiger partial charge is 0.271 e. The van der Waals surface area contributed by atoms with Crippen LogP contribution in [0.3, 0.4) is 0 Å². The number of non-ortho nitro benzene ring substituents is 1. The van der Waals surface area contributed by atoms with E-state index in [4.69, 9.17) is 16.3 Å². The van der Waals surface area contributed by atoms with Crippen LogP contribution in [0.25, 0.3) is 0 Å². The van der Waals surface area contributed by atoms with Crippen molar-refractivity contribution in [3.05, 3.63) is 57.1 Å². The zero-order valence-corrected chi connectivity index (χ0v) is 12.8. The number of ether oxygens (including phenoxy) is 1. The van der Waals surface area contributed by atoms with Crippen LogP contribution in [-0.4, -0.2) is 17.1 Å². The molecular formula is C15H15ClN2O4. The minimum Gasteiger partial charge on any atom is -0.508 e. The van der Waals surface area contributed by atoms with E-state index in [1.54, 1.807) is 25.3 Å². The number of nitro groups is 1. The topological polar surface area (TPSA) is 84.6 Å². The maximum Gasteiger partial charge on any atom is 0.271 e. The third kappa shape index (κ3) is 3.40. The van der Waals surface area contributed by atoms with Crippen LogP contribution in [0.1, 0.15) is 18.5 Å². The van der Waals surface area contributed by atoms with Gasteiger partial charge in [-0.2, -0.15) is 0 Å². The molecule has 0 aliphatic carbocycles. The summed E-state index contributed by atoms with van der Waals surface area (Å²) in [6, 6.07) is 8.83. The van der Waals surface area contributed by atoms with E-state index in [-0.39, 0.29) is 22.5 Å². The molecule has 7 heteroatoms. The minimum atomic E-state index is -0.507. The number of nitrogens with zero attached hydrogens (tertiary/aromatic N) is 1. The van der Waals surface area contributed by atoms with Gasteiger partial charge in [0.25, 0.3) is 5.69 Å². The number of halogens is 1. The predicted molar refractivity (Wildman–Crippen MR) is 84.8 cm³/mol. The van der Waals surface area contributed by atoms with Gasteiger partial charge >= 0.3 is 0 Å². The molecule has 22 heavy (non-hydrogen) atoms. The Morgan fingerprint density at radius 3 is 2.64 bits per heavy atom. The number of nitro benzene ring substituents is 1. The maximum absolute atomic E-state index is 10.7. The molecule has 0 spiro atoms. The number of benzene rings is 2. The molecule has 0 bridgehead atoms. The molecule has 0 heterocycles. The summed E-state index contributed by atoms with van der Waals surface area (Å²) in [6.45, 7) is 1.84. The fourth-order valence-corrected chi connectivity index (χ4v) is 2.28. The summed E-state index contributed by atoms with van der Waals surface area (Å²) in [5, 5.41) is 24.0. The molecule has 0 radical (unpaired) electrons. The van der Waals surface area contributed by atoms with Crippen molar-refractivity contribution in [2.24, 2.45) is 0 Å². The monoisotopic (exact) mass is 322 g/mol. The number of anilines is 1. The highest BCUT2D eigenvalue weighted by Gasteiger charge is 2.15. The van der Waals surface area contributed by atoms with Gasteiger partial charge in [0.1, 0.15) is 11.5 Å². The van der Waals surface area contributed by atoms with Crippen molar-refractivity contribution in [1.29, 1.82) is 0 Å². The Labute approximate surface area is 132 Å². The first-order chi connectivity index (χ1) is 10.4. The zero-order chi connectivity index (χ0) is 16.3. The molecule has 0 aromatic heterocycles. The van der Waals surface area contributed by atoms with Crippen molar-refractivity contribution in [3.8, 4) is 11.5 Å². The second kappa shape index (κ2) is 6.53. The lowest BCUT2D eigenvalue weighted by molar-refractivity contribution is -0.384. The third-order valence-corrected chi connectivity index (χ3v) is 3.55. The Morgan fingerprint density at radius 1 is 1.32 bits per heavy atom. The molecule has 0 fully saturated rings. The van der Waals surface area contributed by atoms with Crippen LogP contribution >= 0.6 is 11.6 Å². The van der Waals surface area contributed by atoms with Crippen molar-refractivity contribution in [1.82, 2.24) is 0 Å². The number of rotatable bonds is 5. The van der Waals surface area contributed by atoms with Gasteiger partial charge in [0.15, 0.2) is 0 Å². The summed E-state index contributed by atoms with van der Waals surface area (Å²) in [5.74, 6) is 0.745. The standard InChI is InChI=1S/C15H15ClN2O4/c1-9(12-8-11(22-2)4-6-15(12)19)17-14-5-3-10(18(20)21)7-13(14)16/h3-9,17,19H,1-2H3/t9-/m1/s1. The Hall–Kier alpha value is -2.47. The Balaban J connectivity index is 2.25. The van der Waals surface area contributed by atoms with E-state index >= 15 is 0 Å². The molecule has 116 valence electrons. The van der Waals surface area contributed by atoms with Crippen molar-refractivity contribution >= 4 is 23.0 Å². The number of nitrogens with one attached hydrogen (secondary N) is 1. The fraction of sp³-hybridized carbons (Fsp3) is 0.200. The van der Waals surface area contributed by atoms with E-state index in [1.807, 2.05) is 6.92 Å². The number of phenols is 1. The number of aromatic hydroxyl groups is 1. The Morgan fingerprint density at radius 2 is 2.05 bits per heavy atom. The number of methoxy groups -OCH3 is 1. The highest BCUT2D eigenvalue weighted by Crippen LogP contribution is 2.33. The van der Waals surface area contributed by atoms with Gasteiger partial charge in [-0.1, -0.05) is 11.6 Å². The predicted octanol–water partition coefficient (Wildman–Crippen LogP) is 4.14. The summed E-state index contributed by atoms with van der Waals surface area (Å²) in [5.41, 5.74) is 1.10. The van der Waals surface area contributed by atoms with Gasteiger partial charge in [0, 0.05) is 17.7 Å². The molecule has 0 aliphatic rings. The fourth-order valence-electron chi connectivity index (χ4n) is 2.05. The normalized spacial score (nSPS) is 11.8. The van der Waals surface area contributed by atoms with Crippen molar-refractivity contribution in [3.63, 3.8) is 0 Å². The van der Waals surface area contributed by atoms with Crippen molar-refractivity contribution in [2.45, 2.75) is 13.0 Å². The number of hydrogen-bond donors (Lipinski definition) is 2. The van der Waals surface area contributed by atoms with E-state index in [2.05, 4.69) is 5.32 Å². The summed E-state index contributed by atoms with van der Waals surface area (Å²) in [6.07, 6.45) is 0. The van der Waals surface area contributed by atoms with E-state index < -0.39 is 4.92 Å². The lowest BCUT2D eigenvalue weighted by Gasteiger charge is -2.18. The molecule has 1 atom stereocenters. The van der Waals surface area contributed by atoms with E-state index in [0.717, 1.165) is 0 Å². The molecule has 2 aromatic rings. The van der Waals surface area contributed by atoms with E-state index in [1.165, 1.54) is 18.2 Å². The lowest BCUT2D eigenvalue weighted by Crippen LogP contribution is -2.07. The average molecular weight is 323 g/mol. The molecule has 6 nitrogen and oxygen atoms in total. The van der Waals surface area contributed by atoms with Crippen LogP contribution in [0.5, 0.6) is 11.5 Å². The third-order valence-electron chi connectivity index (χ3n) is 3.24. The molecule has 2 aromatic carbocycles. The highest BCUT2D eigenvalue weighted by atomic mass is 35.5. The minimum absolute atomic E-state index is 0.0765. The molecule has 2 N–H and O–H groups in total. The maximum atomic E-state index is 10.7. The molecule has 0 unspecified atom stereocenters. The lowest BCUT2D eigenvalue weighted by atomic mass is 10.1. The molecule has 0 saturated heterocycles. The molecular weight excluding hydrogens is 308 g/mol. The van der Waals surface area contributed by atoms with Crippen LogP contribution < -0.4 is 10.1 Å². The first kappa shape index (κ1) is 15.9. The van der Waals surface area contributed by atoms with Crippen LogP contribution in [0.4, 0.5) is 11.4 Å². The SMILES string of the molecule is COc1ccc(O)c([C@@H](C)Nc2ccc([N+](=O)[O-])cc2Cl)c1. The first-order valence-corrected chi connectivity index (χ1v) is 6.87. The zero-order valence-electron chi connectivity index (χ0n) is 12.0. The largest absolute Gasteiger partial charge is 0.508 e. The van der Waals surface area contributed by atoms with Crippen LogP contribution in [0, 0.1) is 10.1 Å². The van der Waals surface area contributed by atoms with Crippen LogP contribution in [0.2, 0.25) is 5.02 Å². The van der Waals surface area contributed by atoms with Gasteiger partial charge in [-0.3, -0.25) is 10.1 Å². The number of hydrogen-bond acceptors (Lipinski definition) is 5. The summed E-state index contributed by atoms with van der Waals surface area (Å²) < 4.78 is 5.14. The van der Waals surface area contributed by atoms with Crippen LogP contribution in [-0.2, 0) is 0 Å². The quantitative estimate of drug-likeness (QED) is 0.638.